The van der Waals surface area contributed by atoms with E-state index in [0.717, 1.165) is 35.5 Å². The van der Waals surface area contributed by atoms with Crippen molar-refractivity contribution in [2.24, 2.45) is 52.3 Å². The largest absolute Gasteiger partial charge is 0.300 e. The second-order valence-electron chi connectivity index (χ2n) is 11.1. The molecular formula is C23H38O. The van der Waals surface area contributed by atoms with E-state index in [1.807, 2.05) is 6.92 Å². The molecule has 4 aliphatic rings. The first-order valence-electron chi connectivity index (χ1n) is 10.7. The minimum Gasteiger partial charge on any atom is -0.300 e. The molecule has 136 valence electrons. The summed E-state index contributed by atoms with van der Waals surface area (Å²) in [5.74, 6) is 6.40. The molecule has 24 heavy (non-hydrogen) atoms. The summed E-state index contributed by atoms with van der Waals surface area (Å²) >= 11 is 0. The van der Waals surface area contributed by atoms with Gasteiger partial charge in [-0.05, 0) is 98.2 Å². The molecule has 4 fully saturated rings. The van der Waals surface area contributed by atoms with Crippen LogP contribution in [0.4, 0.5) is 0 Å². The van der Waals surface area contributed by atoms with E-state index < -0.39 is 0 Å². The maximum atomic E-state index is 12.3. The predicted molar refractivity (Wildman–Crippen MR) is 99.6 cm³/mol. The van der Waals surface area contributed by atoms with Crippen LogP contribution in [-0.2, 0) is 4.79 Å². The summed E-state index contributed by atoms with van der Waals surface area (Å²) in [6.07, 6.45) is 11.1. The number of Topliss-reactive ketones (excluding diaryl/α,β-unsaturated/α-hetero) is 1. The molecule has 0 heterocycles. The van der Waals surface area contributed by atoms with Crippen LogP contribution in [0.25, 0.3) is 0 Å². The van der Waals surface area contributed by atoms with E-state index in [1.165, 1.54) is 51.4 Å². The molecule has 0 N–H and O–H groups in total. The number of carbonyl (C=O) groups is 1. The van der Waals surface area contributed by atoms with Gasteiger partial charge in [0.1, 0.15) is 5.78 Å². The number of fused-ring (bicyclic) bond motifs is 5. The summed E-state index contributed by atoms with van der Waals surface area (Å²) in [5, 5.41) is 0. The lowest BCUT2D eigenvalue weighted by atomic mass is 9.44. The zero-order valence-electron chi connectivity index (χ0n) is 16.6. The van der Waals surface area contributed by atoms with Crippen molar-refractivity contribution < 1.29 is 4.79 Å². The molecule has 0 aromatic carbocycles. The van der Waals surface area contributed by atoms with Gasteiger partial charge in [0.15, 0.2) is 0 Å². The number of hydrogen-bond acceptors (Lipinski definition) is 1. The molecule has 1 heteroatoms. The Hall–Kier alpha value is -0.330. The molecule has 4 rings (SSSR count). The fourth-order valence-corrected chi connectivity index (χ4v) is 8.38. The highest BCUT2D eigenvalue weighted by Gasteiger charge is 2.60. The van der Waals surface area contributed by atoms with E-state index in [0.29, 0.717) is 22.5 Å². The summed E-state index contributed by atoms with van der Waals surface area (Å²) < 4.78 is 0. The lowest BCUT2D eigenvalue weighted by Gasteiger charge is -2.61. The van der Waals surface area contributed by atoms with Crippen LogP contribution in [0.3, 0.4) is 0 Å². The van der Waals surface area contributed by atoms with Crippen molar-refractivity contribution in [1.82, 2.24) is 0 Å². The highest BCUT2D eigenvalue weighted by atomic mass is 16.1. The van der Waals surface area contributed by atoms with E-state index in [4.69, 9.17) is 0 Å². The maximum Gasteiger partial charge on any atom is 0.133 e. The van der Waals surface area contributed by atoms with E-state index in [1.54, 1.807) is 0 Å². The Morgan fingerprint density at radius 3 is 2.33 bits per heavy atom. The van der Waals surface area contributed by atoms with Crippen LogP contribution in [0.1, 0.15) is 86.0 Å². The van der Waals surface area contributed by atoms with Crippen LogP contribution in [0.15, 0.2) is 0 Å². The molecule has 4 saturated carbocycles. The first kappa shape index (κ1) is 17.1. The van der Waals surface area contributed by atoms with E-state index in [2.05, 4.69) is 27.7 Å². The normalized spacial score (nSPS) is 53.0. The van der Waals surface area contributed by atoms with Gasteiger partial charge in [0.05, 0.1) is 0 Å². The predicted octanol–water partition coefficient (Wildman–Crippen LogP) is 6.12. The zero-order chi connectivity index (χ0) is 17.3. The fourth-order valence-electron chi connectivity index (χ4n) is 8.38. The average Bonchev–Trinajstić information content (AvgIpc) is 2.85. The summed E-state index contributed by atoms with van der Waals surface area (Å²) in [6.45, 7) is 12.0. The van der Waals surface area contributed by atoms with Gasteiger partial charge < -0.3 is 0 Å². The Balaban J connectivity index is 1.64. The Bertz CT molecular complexity index is 520. The number of rotatable bonds is 1. The third-order valence-electron chi connectivity index (χ3n) is 9.46. The summed E-state index contributed by atoms with van der Waals surface area (Å²) in [6, 6.07) is 0. The van der Waals surface area contributed by atoms with Gasteiger partial charge >= 0.3 is 0 Å². The second-order valence-corrected chi connectivity index (χ2v) is 11.1. The van der Waals surface area contributed by atoms with Crippen molar-refractivity contribution in [3.8, 4) is 0 Å². The molecule has 0 saturated heterocycles. The smallest absolute Gasteiger partial charge is 0.133 e. The third-order valence-corrected chi connectivity index (χ3v) is 9.46. The Kier molecular flexibility index (Phi) is 3.98. The van der Waals surface area contributed by atoms with E-state index in [9.17, 15) is 4.79 Å². The van der Waals surface area contributed by atoms with Crippen molar-refractivity contribution in [3.05, 3.63) is 0 Å². The molecule has 1 nitrogen and oxygen atoms in total. The highest BCUT2D eigenvalue weighted by molar-refractivity contribution is 5.79. The van der Waals surface area contributed by atoms with Crippen molar-refractivity contribution in [2.75, 3.05) is 0 Å². The fraction of sp³-hybridized carbons (Fsp3) is 0.957. The minimum atomic E-state index is 0.317. The second kappa shape index (κ2) is 5.58. The summed E-state index contributed by atoms with van der Waals surface area (Å²) in [4.78, 5) is 12.3. The summed E-state index contributed by atoms with van der Waals surface area (Å²) in [7, 11) is 0. The number of carbonyl (C=O) groups excluding carboxylic acids is 1. The lowest BCUT2D eigenvalue weighted by Crippen LogP contribution is -2.54. The molecule has 8 unspecified atom stereocenters. The zero-order valence-corrected chi connectivity index (χ0v) is 16.6. The molecule has 0 spiro atoms. The van der Waals surface area contributed by atoms with Crippen molar-refractivity contribution in [2.45, 2.75) is 86.0 Å². The standard InChI is InChI=1S/C23H38O/c1-14-6-7-17-16-10-11-23(5)19(15(2)24)8-9-20(23)18(16)13-22(3,4)21(17)12-14/h14,16-21H,6-13H2,1-5H3. The number of ketones is 1. The molecule has 0 bridgehead atoms. The van der Waals surface area contributed by atoms with Crippen LogP contribution >= 0.6 is 0 Å². The quantitative estimate of drug-likeness (QED) is 0.566. The molecule has 4 aliphatic carbocycles. The van der Waals surface area contributed by atoms with Crippen molar-refractivity contribution >= 4 is 5.78 Å². The Labute approximate surface area is 149 Å². The van der Waals surface area contributed by atoms with Gasteiger partial charge in [-0.15, -0.1) is 0 Å². The molecule has 0 aromatic rings. The molecule has 8 atom stereocenters. The molecule has 0 amide bonds. The van der Waals surface area contributed by atoms with Crippen molar-refractivity contribution in [1.29, 1.82) is 0 Å². The van der Waals surface area contributed by atoms with Crippen LogP contribution in [0, 0.1) is 52.3 Å². The monoisotopic (exact) mass is 330 g/mol. The van der Waals surface area contributed by atoms with Gasteiger partial charge in [-0.2, -0.15) is 0 Å². The summed E-state index contributed by atoms with van der Waals surface area (Å²) in [5.41, 5.74) is 0.824. The molecule has 0 aliphatic heterocycles. The van der Waals surface area contributed by atoms with E-state index >= 15 is 0 Å². The molecule has 0 aromatic heterocycles. The highest BCUT2D eigenvalue weighted by Crippen LogP contribution is 2.67. The van der Waals surface area contributed by atoms with Crippen LogP contribution in [0.5, 0.6) is 0 Å². The van der Waals surface area contributed by atoms with Gasteiger partial charge in [-0.25, -0.2) is 0 Å². The van der Waals surface area contributed by atoms with Crippen LogP contribution in [-0.4, -0.2) is 5.78 Å². The lowest BCUT2D eigenvalue weighted by molar-refractivity contribution is -0.135. The Morgan fingerprint density at radius 2 is 1.62 bits per heavy atom. The third kappa shape index (κ3) is 2.36. The van der Waals surface area contributed by atoms with Gasteiger partial charge in [-0.3, -0.25) is 4.79 Å². The van der Waals surface area contributed by atoms with E-state index in [-0.39, 0.29) is 0 Å². The van der Waals surface area contributed by atoms with Gasteiger partial charge in [0, 0.05) is 5.92 Å². The first-order valence-corrected chi connectivity index (χ1v) is 10.7. The van der Waals surface area contributed by atoms with Gasteiger partial charge in [0.2, 0.25) is 0 Å². The first-order chi connectivity index (χ1) is 11.2. The van der Waals surface area contributed by atoms with Crippen molar-refractivity contribution in [3.63, 3.8) is 0 Å². The van der Waals surface area contributed by atoms with Crippen LogP contribution in [0.2, 0.25) is 0 Å². The number of hydrogen-bond donors (Lipinski definition) is 0. The maximum absolute atomic E-state index is 12.3. The van der Waals surface area contributed by atoms with Gasteiger partial charge in [-0.1, -0.05) is 34.1 Å². The topological polar surface area (TPSA) is 17.1 Å². The molecular weight excluding hydrogens is 292 g/mol. The van der Waals surface area contributed by atoms with Crippen LogP contribution < -0.4 is 0 Å². The average molecular weight is 331 g/mol. The molecule has 0 radical (unpaired) electrons. The SMILES string of the molecule is CC(=O)C1CCC2C3CC(C)(C)C4CC(C)CCC4C3CCC12C. The minimum absolute atomic E-state index is 0.317. The Morgan fingerprint density at radius 1 is 0.875 bits per heavy atom. The van der Waals surface area contributed by atoms with Gasteiger partial charge in [0.25, 0.3) is 0 Å².